The van der Waals surface area contributed by atoms with E-state index in [4.69, 9.17) is 0 Å². The lowest BCUT2D eigenvalue weighted by atomic mass is 10.1. The van der Waals surface area contributed by atoms with Crippen LogP contribution in [0, 0.1) is 5.82 Å². The van der Waals surface area contributed by atoms with Gasteiger partial charge in [-0.2, -0.15) is 0 Å². The molecule has 0 bridgehead atoms. The van der Waals surface area contributed by atoms with Crippen LogP contribution in [0.3, 0.4) is 0 Å². The molecule has 0 saturated heterocycles. The van der Waals surface area contributed by atoms with Gasteiger partial charge in [-0.25, -0.2) is 9.37 Å². The number of benzene rings is 1. The number of anilines is 1. The van der Waals surface area contributed by atoms with E-state index in [2.05, 4.69) is 10.3 Å². The zero-order valence-corrected chi connectivity index (χ0v) is 10.3. The van der Waals surface area contributed by atoms with Gasteiger partial charge in [0.15, 0.2) is 5.78 Å². The zero-order valence-electron chi connectivity index (χ0n) is 10.3. The van der Waals surface area contributed by atoms with Crippen LogP contribution in [0.5, 0.6) is 0 Å². The zero-order chi connectivity index (χ0) is 13.1. The van der Waals surface area contributed by atoms with Crippen LogP contribution in [0.15, 0.2) is 30.6 Å². The van der Waals surface area contributed by atoms with Crippen LogP contribution in [0.2, 0.25) is 0 Å². The summed E-state index contributed by atoms with van der Waals surface area (Å²) in [6.07, 6.45) is 3.52. The summed E-state index contributed by atoms with van der Waals surface area (Å²) in [7, 11) is 1.88. The number of halogens is 1. The highest BCUT2D eigenvalue weighted by Crippen LogP contribution is 2.18. The van der Waals surface area contributed by atoms with Crippen LogP contribution >= 0.6 is 0 Å². The number of aromatic nitrogens is 2. The van der Waals surface area contributed by atoms with Crippen LogP contribution in [0.25, 0.3) is 0 Å². The molecule has 0 aliphatic rings. The number of hydrogen-bond acceptors (Lipinski definition) is 3. The molecule has 0 fully saturated rings. The predicted molar refractivity (Wildman–Crippen MR) is 66.9 cm³/mol. The van der Waals surface area contributed by atoms with E-state index in [9.17, 15) is 9.18 Å². The number of aryl methyl sites for hydroxylation is 1. The second-order valence-corrected chi connectivity index (χ2v) is 4.05. The standard InChI is InChI=1S/C13H14FN3O/c1-9(18)11-4-3-10(14)7-12(11)16-8-13-15-5-6-17(13)2/h3-7,16H,8H2,1-2H3. The Hall–Kier alpha value is -2.17. The molecule has 0 atom stereocenters. The van der Waals surface area contributed by atoms with Gasteiger partial charge < -0.3 is 9.88 Å². The number of hydrogen-bond donors (Lipinski definition) is 1. The quantitative estimate of drug-likeness (QED) is 0.844. The van der Waals surface area contributed by atoms with Gasteiger partial charge >= 0.3 is 0 Å². The Morgan fingerprint density at radius 2 is 2.28 bits per heavy atom. The summed E-state index contributed by atoms with van der Waals surface area (Å²) < 4.78 is 15.0. The number of Topliss-reactive ketones (excluding diaryl/α,β-unsaturated/α-hetero) is 1. The number of carbonyl (C=O) groups excluding carboxylic acids is 1. The molecule has 0 amide bonds. The van der Waals surface area contributed by atoms with Crippen molar-refractivity contribution in [3.63, 3.8) is 0 Å². The smallest absolute Gasteiger partial charge is 0.161 e. The van der Waals surface area contributed by atoms with Gasteiger partial charge in [-0.05, 0) is 25.1 Å². The minimum Gasteiger partial charge on any atom is -0.377 e. The van der Waals surface area contributed by atoms with E-state index in [0.717, 1.165) is 5.82 Å². The van der Waals surface area contributed by atoms with E-state index in [-0.39, 0.29) is 11.6 Å². The monoisotopic (exact) mass is 247 g/mol. The van der Waals surface area contributed by atoms with Gasteiger partial charge in [0.05, 0.1) is 6.54 Å². The highest BCUT2D eigenvalue weighted by molar-refractivity contribution is 5.99. The van der Waals surface area contributed by atoms with E-state index in [1.807, 2.05) is 17.8 Å². The third-order valence-electron chi connectivity index (χ3n) is 2.72. The summed E-state index contributed by atoms with van der Waals surface area (Å²) in [4.78, 5) is 15.6. The minimum absolute atomic E-state index is 0.0997. The van der Waals surface area contributed by atoms with E-state index < -0.39 is 0 Å². The molecule has 1 heterocycles. The normalized spacial score (nSPS) is 10.4. The minimum atomic E-state index is -0.373. The van der Waals surface area contributed by atoms with Crippen molar-refractivity contribution in [1.29, 1.82) is 0 Å². The van der Waals surface area contributed by atoms with Crippen LogP contribution in [-0.4, -0.2) is 15.3 Å². The Labute approximate surface area is 104 Å². The summed E-state index contributed by atoms with van der Waals surface area (Å²) in [5.74, 6) is 0.341. The Morgan fingerprint density at radius 3 is 2.89 bits per heavy atom. The summed E-state index contributed by atoms with van der Waals surface area (Å²) in [5, 5.41) is 3.03. The molecule has 2 aromatic rings. The first kappa shape index (κ1) is 12.3. The average molecular weight is 247 g/mol. The van der Waals surface area contributed by atoms with Crippen molar-refractivity contribution < 1.29 is 9.18 Å². The number of rotatable bonds is 4. The Kier molecular flexibility index (Phi) is 3.41. The van der Waals surface area contributed by atoms with Crippen molar-refractivity contribution in [2.45, 2.75) is 13.5 Å². The summed E-state index contributed by atoms with van der Waals surface area (Å²) in [6, 6.07) is 4.08. The first-order valence-electron chi connectivity index (χ1n) is 5.58. The number of nitrogens with one attached hydrogen (secondary N) is 1. The summed E-state index contributed by atoms with van der Waals surface area (Å²) in [6.45, 7) is 1.90. The lowest BCUT2D eigenvalue weighted by Gasteiger charge is -2.10. The molecular formula is C13H14FN3O. The van der Waals surface area contributed by atoms with E-state index in [0.29, 0.717) is 17.8 Å². The highest BCUT2D eigenvalue weighted by Gasteiger charge is 2.09. The molecule has 0 radical (unpaired) electrons. The molecule has 0 aliphatic carbocycles. The van der Waals surface area contributed by atoms with Crippen molar-refractivity contribution in [3.05, 3.63) is 47.8 Å². The SMILES string of the molecule is CC(=O)c1ccc(F)cc1NCc1nccn1C. The molecule has 1 aromatic carbocycles. The molecule has 1 aromatic heterocycles. The number of nitrogens with zero attached hydrogens (tertiary/aromatic N) is 2. The van der Waals surface area contributed by atoms with Crippen molar-refractivity contribution in [2.24, 2.45) is 7.05 Å². The topological polar surface area (TPSA) is 46.9 Å². The number of imidazole rings is 1. The lowest BCUT2D eigenvalue weighted by Crippen LogP contribution is -2.09. The van der Waals surface area contributed by atoms with Crippen molar-refractivity contribution in [2.75, 3.05) is 5.32 Å². The maximum Gasteiger partial charge on any atom is 0.161 e. The molecule has 0 spiro atoms. The van der Waals surface area contributed by atoms with E-state index in [1.54, 1.807) is 6.20 Å². The first-order valence-corrected chi connectivity index (χ1v) is 5.58. The largest absolute Gasteiger partial charge is 0.377 e. The lowest BCUT2D eigenvalue weighted by molar-refractivity contribution is 0.101. The van der Waals surface area contributed by atoms with E-state index in [1.165, 1.54) is 25.1 Å². The fourth-order valence-corrected chi connectivity index (χ4v) is 1.71. The molecule has 0 saturated carbocycles. The summed E-state index contributed by atoms with van der Waals surface area (Å²) >= 11 is 0. The van der Waals surface area contributed by atoms with Gasteiger partial charge in [0.25, 0.3) is 0 Å². The van der Waals surface area contributed by atoms with Crippen molar-refractivity contribution >= 4 is 11.5 Å². The van der Waals surface area contributed by atoms with Crippen molar-refractivity contribution in [1.82, 2.24) is 9.55 Å². The van der Waals surface area contributed by atoms with Crippen LogP contribution in [0.1, 0.15) is 23.1 Å². The fraction of sp³-hybridized carbons (Fsp3) is 0.231. The Balaban J connectivity index is 2.20. The molecule has 5 heteroatoms. The third kappa shape index (κ3) is 2.56. The van der Waals surface area contributed by atoms with Gasteiger partial charge in [0, 0.05) is 30.7 Å². The molecule has 18 heavy (non-hydrogen) atoms. The molecule has 94 valence electrons. The van der Waals surface area contributed by atoms with Gasteiger partial charge in [-0.1, -0.05) is 0 Å². The van der Waals surface area contributed by atoms with Gasteiger partial charge in [0.1, 0.15) is 11.6 Å². The molecule has 1 N–H and O–H groups in total. The van der Waals surface area contributed by atoms with E-state index >= 15 is 0 Å². The maximum absolute atomic E-state index is 13.2. The van der Waals surface area contributed by atoms with Gasteiger partial charge in [-0.15, -0.1) is 0 Å². The average Bonchev–Trinajstić information content (AvgIpc) is 2.72. The Morgan fingerprint density at radius 1 is 1.50 bits per heavy atom. The molecule has 4 nitrogen and oxygen atoms in total. The molecular weight excluding hydrogens is 233 g/mol. The van der Waals surface area contributed by atoms with Crippen molar-refractivity contribution in [3.8, 4) is 0 Å². The highest BCUT2D eigenvalue weighted by atomic mass is 19.1. The predicted octanol–water partition coefficient (Wildman–Crippen LogP) is 2.37. The van der Waals surface area contributed by atoms with Gasteiger partial charge in [-0.3, -0.25) is 4.79 Å². The van der Waals surface area contributed by atoms with Crippen LogP contribution < -0.4 is 5.32 Å². The molecule has 0 aliphatic heterocycles. The van der Waals surface area contributed by atoms with Crippen LogP contribution in [0.4, 0.5) is 10.1 Å². The summed E-state index contributed by atoms with van der Waals surface area (Å²) in [5.41, 5.74) is 0.969. The maximum atomic E-state index is 13.2. The number of carbonyl (C=O) groups is 1. The molecule has 2 rings (SSSR count). The van der Waals surface area contributed by atoms with Crippen LogP contribution in [-0.2, 0) is 13.6 Å². The third-order valence-corrected chi connectivity index (χ3v) is 2.72. The fourth-order valence-electron chi connectivity index (χ4n) is 1.71. The second kappa shape index (κ2) is 5.00. The second-order valence-electron chi connectivity index (χ2n) is 4.05. The first-order chi connectivity index (χ1) is 8.58. The molecule has 0 unspecified atom stereocenters. The van der Waals surface area contributed by atoms with Gasteiger partial charge in [0.2, 0.25) is 0 Å². The number of ketones is 1. The Bertz CT molecular complexity index is 577.